The molecule has 1 N–H and O–H groups in total. The average Bonchev–Trinajstić information content (AvgIpc) is 2.63. The fourth-order valence-corrected chi connectivity index (χ4v) is 3.05. The van der Waals surface area contributed by atoms with E-state index in [0.717, 1.165) is 37.2 Å². The smallest absolute Gasteiger partial charge is 0.241 e. The molecule has 3 rings (SSSR count). The molecule has 1 aliphatic heterocycles. The number of hydrogen-bond acceptors (Lipinski definition) is 3. The van der Waals surface area contributed by atoms with Gasteiger partial charge in [-0.05, 0) is 30.5 Å². The summed E-state index contributed by atoms with van der Waals surface area (Å²) in [5, 5.41) is 9.62. The molecule has 0 unspecified atom stereocenters. The van der Waals surface area contributed by atoms with Gasteiger partial charge >= 0.3 is 0 Å². The van der Waals surface area contributed by atoms with Crippen LogP contribution in [0.2, 0.25) is 0 Å². The highest BCUT2D eigenvalue weighted by Gasteiger charge is 2.22. The number of piperidine rings is 1. The molecule has 1 saturated heterocycles. The van der Waals surface area contributed by atoms with Crippen molar-refractivity contribution in [1.82, 2.24) is 4.90 Å². The van der Waals surface area contributed by atoms with E-state index in [4.69, 9.17) is 0 Å². The molecule has 1 heterocycles. The van der Waals surface area contributed by atoms with Crippen LogP contribution in [0.15, 0.2) is 60.7 Å². The molecular formula is C20H24N2O2. The molecule has 1 amide bonds. The number of carbonyl (C=O) groups is 1. The van der Waals surface area contributed by atoms with E-state index in [2.05, 4.69) is 4.90 Å². The molecule has 24 heavy (non-hydrogen) atoms. The Hall–Kier alpha value is -2.17. The zero-order valence-corrected chi connectivity index (χ0v) is 13.8. The lowest BCUT2D eigenvalue weighted by Crippen LogP contribution is -2.44. The van der Waals surface area contributed by atoms with Crippen LogP contribution in [-0.2, 0) is 11.3 Å². The molecule has 0 radical (unpaired) electrons. The van der Waals surface area contributed by atoms with Gasteiger partial charge in [-0.15, -0.1) is 0 Å². The van der Waals surface area contributed by atoms with E-state index in [1.165, 1.54) is 0 Å². The average molecular weight is 324 g/mol. The Morgan fingerprint density at radius 1 is 1.00 bits per heavy atom. The van der Waals surface area contributed by atoms with Gasteiger partial charge in [-0.25, -0.2) is 0 Å². The number of para-hydroxylation sites is 1. The van der Waals surface area contributed by atoms with E-state index in [1.807, 2.05) is 65.6 Å². The first kappa shape index (κ1) is 16.7. The Kier molecular flexibility index (Phi) is 5.62. The fraction of sp³-hybridized carbons (Fsp3) is 0.350. The first-order valence-electron chi connectivity index (χ1n) is 8.52. The molecule has 2 aromatic rings. The van der Waals surface area contributed by atoms with Crippen LogP contribution in [0.25, 0.3) is 0 Å². The van der Waals surface area contributed by atoms with E-state index in [-0.39, 0.29) is 12.0 Å². The Bertz CT molecular complexity index is 637. The second-order valence-electron chi connectivity index (χ2n) is 6.31. The molecule has 4 nitrogen and oxygen atoms in total. The quantitative estimate of drug-likeness (QED) is 0.919. The number of likely N-dealkylation sites (tertiary alicyclic amines) is 1. The molecular weight excluding hydrogens is 300 g/mol. The van der Waals surface area contributed by atoms with E-state index < -0.39 is 0 Å². The van der Waals surface area contributed by atoms with Crippen molar-refractivity contribution in [2.24, 2.45) is 0 Å². The predicted octanol–water partition coefficient (Wildman–Crippen LogP) is 2.68. The summed E-state index contributed by atoms with van der Waals surface area (Å²) < 4.78 is 0. The maximum absolute atomic E-state index is 12.9. The van der Waals surface area contributed by atoms with Crippen molar-refractivity contribution in [2.75, 3.05) is 24.5 Å². The van der Waals surface area contributed by atoms with Crippen LogP contribution >= 0.6 is 0 Å². The lowest BCUT2D eigenvalue weighted by atomic mass is 10.1. The first-order valence-corrected chi connectivity index (χ1v) is 8.52. The molecule has 0 saturated carbocycles. The number of amides is 1. The van der Waals surface area contributed by atoms with Gasteiger partial charge in [0.25, 0.3) is 0 Å². The van der Waals surface area contributed by atoms with Gasteiger partial charge in [0.2, 0.25) is 5.91 Å². The number of rotatable bonds is 5. The third-order valence-electron chi connectivity index (χ3n) is 4.47. The zero-order chi connectivity index (χ0) is 16.8. The summed E-state index contributed by atoms with van der Waals surface area (Å²) in [4.78, 5) is 16.9. The summed E-state index contributed by atoms with van der Waals surface area (Å²) in [5.74, 6) is 0.0986. The molecule has 2 aromatic carbocycles. The summed E-state index contributed by atoms with van der Waals surface area (Å²) in [5.41, 5.74) is 2.03. The standard InChI is InChI=1S/C20H24N2O2/c23-19-11-13-21(14-12-19)16-20(24)22(18-9-5-2-6-10-18)15-17-7-3-1-4-8-17/h1-10,19,23H,11-16H2. The number of carbonyl (C=O) groups excluding carboxylic acids is 1. The summed E-state index contributed by atoms with van der Waals surface area (Å²) >= 11 is 0. The Morgan fingerprint density at radius 2 is 1.58 bits per heavy atom. The molecule has 0 spiro atoms. The second-order valence-corrected chi connectivity index (χ2v) is 6.31. The summed E-state index contributed by atoms with van der Waals surface area (Å²) in [6.45, 7) is 2.52. The third-order valence-corrected chi connectivity index (χ3v) is 4.47. The van der Waals surface area contributed by atoms with E-state index in [9.17, 15) is 9.90 Å². The number of hydrogen-bond donors (Lipinski definition) is 1. The number of aliphatic hydroxyl groups is 1. The van der Waals surface area contributed by atoms with Crippen LogP contribution in [0.5, 0.6) is 0 Å². The molecule has 4 heteroatoms. The van der Waals surface area contributed by atoms with Gasteiger partial charge < -0.3 is 10.0 Å². The maximum Gasteiger partial charge on any atom is 0.241 e. The van der Waals surface area contributed by atoms with Crippen molar-refractivity contribution < 1.29 is 9.90 Å². The number of nitrogens with zero attached hydrogens (tertiary/aromatic N) is 2. The highest BCUT2D eigenvalue weighted by molar-refractivity contribution is 5.94. The van der Waals surface area contributed by atoms with Gasteiger partial charge in [0.15, 0.2) is 0 Å². The minimum absolute atomic E-state index is 0.0986. The van der Waals surface area contributed by atoms with E-state index >= 15 is 0 Å². The third kappa shape index (κ3) is 4.43. The highest BCUT2D eigenvalue weighted by atomic mass is 16.3. The van der Waals surface area contributed by atoms with Crippen molar-refractivity contribution in [1.29, 1.82) is 0 Å². The van der Waals surface area contributed by atoms with Gasteiger partial charge in [-0.2, -0.15) is 0 Å². The zero-order valence-electron chi connectivity index (χ0n) is 13.8. The SMILES string of the molecule is O=C(CN1CCC(O)CC1)N(Cc1ccccc1)c1ccccc1. The fourth-order valence-electron chi connectivity index (χ4n) is 3.05. The number of benzene rings is 2. The van der Waals surface area contributed by atoms with Crippen LogP contribution in [0.3, 0.4) is 0 Å². The number of aliphatic hydroxyl groups excluding tert-OH is 1. The van der Waals surface area contributed by atoms with Crippen LogP contribution in [0.4, 0.5) is 5.69 Å². The van der Waals surface area contributed by atoms with Gasteiger partial charge in [-0.3, -0.25) is 9.69 Å². The largest absolute Gasteiger partial charge is 0.393 e. The molecule has 126 valence electrons. The Labute approximate surface area is 143 Å². The van der Waals surface area contributed by atoms with Crippen molar-refractivity contribution in [3.8, 4) is 0 Å². The van der Waals surface area contributed by atoms with E-state index in [1.54, 1.807) is 0 Å². The molecule has 1 aliphatic rings. The monoisotopic (exact) mass is 324 g/mol. The van der Waals surface area contributed by atoms with Gasteiger partial charge in [0, 0.05) is 18.8 Å². The maximum atomic E-state index is 12.9. The van der Waals surface area contributed by atoms with Crippen LogP contribution in [-0.4, -0.2) is 41.7 Å². The minimum atomic E-state index is -0.217. The van der Waals surface area contributed by atoms with Crippen LogP contribution < -0.4 is 4.90 Å². The lowest BCUT2D eigenvalue weighted by Gasteiger charge is -2.31. The van der Waals surface area contributed by atoms with Gasteiger partial charge in [-0.1, -0.05) is 48.5 Å². The summed E-state index contributed by atoms with van der Waals surface area (Å²) in [7, 11) is 0. The highest BCUT2D eigenvalue weighted by Crippen LogP contribution is 2.18. The Balaban J connectivity index is 1.73. The molecule has 0 bridgehead atoms. The molecule has 0 aliphatic carbocycles. The normalized spacial score (nSPS) is 16.0. The number of anilines is 1. The minimum Gasteiger partial charge on any atom is -0.393 e. The summed E-state index contributed by atoms with van der Waals surface area (Å²) in [6.07, 6.45) is 1.28. The van der Waals surface area contributed by atoms with Gasteiger partial charge in [0.05, 0.1) is 19.2 Å². The lowest BCUT2D eigenvalue weighted by molar-refractivity contribution is -0.120. The summed E-state index contributed by atoms with van der Waals surface area (Å²) in [6, 6.07) is 19.9. The van der Waals surface area contributed by atoms with Crippen LogP contribution in [0.1, 0.15) is 18.4 Å². The van der Waals surface area contributed by atoms with Crippen molar-refractivity contribution in [3.05, 3.63) is 66.2 Å². The van der Waals surface area contributed by atoms with Crippen molar-refractivity contribution >= 4 is 11.6 Å². The topological polar surface area (TPSA) is 43.8 Å². The van der Waals surface area contributed by atoms with Gasteiger partial charge in [0.1, 0.15) is 0 Å². The molecule has 0 aromatic heterocycles. The van der Waals surface area contributed by atoms with Crippen molar-refractivity contribution in [3.63, 3.8) is 0 Å². The Morgan fingerprint density at radius 3 is 2.21 bits per heavy atom. The van der Waals surface area contributed by atoms with Crippen molar-refractivity contribution in [2.45, 2.75) is 25.5 Å². The van der Waals surface area contributed by atoms with E-state index in [0.29, 0.717) is 13.1 Å². The van der Waals surface area contributed by atoms with Crippen LogP contribution in [0, 0.1) is 0 Å². The molecule has 1 fully saturated rings. The second kappa shape index (κ2) is 8.08. The molecule has 0 atom stereocenters. The predicted molar refractivity (Wildman–Crippen MR) is 95.8 cm³/mol. The first-order chi connectivity index (χ1) is 11.7.